The van der Waals surface area contributed by atoms with Gasteiger partial charge in [-0.2, -0.15) is 0 Å². The molecule has 1 aromatic carbocycles. The maximum atomic E-state index is 13.3. The second kappa shape index (κ2) is 13.7. The average Bonchev–Trinajstić information content (AvgIpc) is 3.52. The highest BCUT2D eigenvalue weighted by Crippen LogP contribution is 2.63. The van der Waals surface area contributed by atoms with E-state index in [-0.39, 0.29) is 47.6 Å². The van der Waals surface area contributed by atoms with Gasteiger partial charge in [0.2, 0.25) is 11.6 Å². The van der Waals surface area contributed by atoms with Crippen LogP contribution in [0, 0.1) is 47.3 Å². The molecule has 56 heavy (non-hydrogen) atoms. The lowest BCUT2D eigenvalue weighted by Gasteiger charge is -2.61. The number of amides is 1. The Kier molecular flexibility index (Phi) is 9.56. The Balaban J connectivity index is 1.02. The Hall–Kier alpha value is -2.57. The minimum Gasteiger partial charge on any atom is -0.406 e. The number of anilines is 1. The molecule has 13 nitrogen and oxygen atoms in total. The van der Waals surface area contributed by atoms with Crippen molar-refractivity contribution >= 4 is 17.5 Å². The fourth-order valence-electron chi connectivity index (χ4n) is 11.9. The first kappa shape index (κ1) is 38.9. The summed E-state index contributed by atoms with van der Waals surface area (Å²) in [4.78, 5) is 43.7. The van der Waals surface area contributed by atoms with Crippen molar-refractivity contribution in [2.75, 3.05) is 5.32 Å². The van der Waals surface area contributed by atoms with Gasteiger partial charge in [-0.05, 0) is 112 Å². The van der Waals surface area contributed by atoms with Gasteiger partial charge in [0.15, 0.2) is 23.8 Å². The number of oxime groups is 1. The van der Waals surface area contributed by atoms with Crippen LogP contribution in [0.2, 0.25) is 0 Å². The van der Waals surface area contributed by atoms with E-state index < -0.39 is 65.8 Å². The molecule has 11 rings (SSSR count). The van der Waals surface area contributed by atoms with E-state index in [2.05, 4.69) is 42.9 Å². The summed E-state index contributed by atoms with van der Waals surface area (Å²) < 4.78 is 69.3. The Morgan fingerprint density at radius 3 is 1.89 bits per heavy atom. The average molecular weight is 795 g/mol. The molecule has 310 valence electrons. The highest BCUT2D eigenvalue weighted by atomic mass is 19.4. The number of benzene rings is 1. The van der Waals surface area contributed by atoms with E-state index >= 15 is 0 Å². The molecule has 4 bridgehead atoms. The number of hydrogen-bond donors (Lipinski definition) is 1. The van der Waals surface area contributed by atoms with Crippen LogP contribution in [0.5, 0.6) is 5.75 Å². The standard InChI is InChI=1S/C40H53F3N2O11/c1-20-7-13-28-22(3)31(47-33-38(28)26(20)15-17-36(5,50-33)53-55-38)19-30(45-52-35(46)44-24-9-11-25(12-10-24)49-40(41,42)43)32-23(4)29-14-8-21(2)27-16-18-37(6)51-34(48-32)39(27,29)56-54-37/h9-12,20-23,26-29,31-34H,7-8,13-19H2,1-6H3,(H,44,46)/b45-30-/t20-,21-,22-,23-,26+,27+,28+,29+,31-,32+,33-,34-,36+,37+,38?,39?/m1/s1. The number of nitrogens with one attached hydrogen (secondary N) is 1. The number of carbonyl (C=O) groups is 1. The van der Waals surface area contributed by atoms with Crippen LogP contribution in [0.25, 0.3) is 0 Å². The van der Waals surface area contributed by atoms with Gasteiger partial charge < -0.3 is 23.7 Å². The van der Waals surface area contributed by atoms with Gasteiger partial charge in [-0.3, -0.25) is 10.2 Å². The zero-order valence-corrected chi connectivity index (χ0v) is 32.7. The first-order valence-electron chi connectivity index (χ1n) is 20.3. The second-order valence-electron chi connectivity index (χ2n) is 18.1. The lowest BCUT2D eigenvalue weighted by molar-refractivity contribution is -0.571. The van der Waals surface area contributed by atoms with Crippen LogP contribution >= 0.6 is 0 Å². The Bertz CT molecular complexity index is 1700. The number of hydrogen-bond acceptors (Lipinski definition) is 12. The maximum Gasteiger partial charge on any atom is 0.573 e. The quantitative estimate of drug-likeness (QED) is 0.129. The van der Waals surface area contributed by atoms with Crippen molar-refractivity contribution in [1.29, 1.82) is 0 Å². The highest BCUT2D eigenvalue weighted by molar-refractivity contribution is 5.91. The summed E-state index contributed by atoms with van der Waals surface area (Å²) in [6, 6.07) is 4.75. The molecule has 2 spiro atoms. The molecule has 0 radical (unpaired) electrons. The number of fused-ring (bicyclic) bond motifs is 4. The van der Waals surface area contributed by atoms with E-state index in [1.54, 1.807) is 0 Å². The first-order chi connectivity index (χ1) is 26.5. The number of rotatable bonds is 6. The Labute approximate surface area is 324 Å². The number of ether oxygens (including phenoxy) is 5. The predicted octanol–water partition coefficient (Wildman–Crippen LogP) is 8.38. The van der Waals surface area contributed by atoms with Crippen LogP contribution in [0.4, 0.5) is 23.7 Å². The van der Waals surface area contributed by atoms with Crippen LogP contribution in [-0.4, -0.2) is 65.7 Å². The summed E-state index contributed by atoms with van der Waals surface area (Å²) >= 11 is 0. The third-order valence-corrected chi connectivity index (χ3v) is 14.8. The number of halogens is 3. The molecule has 2 saturated carbocycles. The number of nitrogens with zero attached hydrogens (tertiary/aromatic N) is 1. The first-order valence-corrected chi connectivity index (χ1v) is 20.3. The molecule has 1 aromatic rings. The van der Waals surface area contributed by atoms with Crippen molar-refractivity contribution in [3.8, 4) is 5.75 Å². The van der Waals surface area contributed by atoms with Gasteiger partial charge >= 0.3 is 12.5 Å². The van der Waals surface area contributed by atoms with Gasteiger partial charge in [0.25, 0.3) is 0 Å². The summed E-state index contributed by atoms with van der Waals surface area (Å²) in [6.07, 6.45) is -1.12. The molecule has 16 atom stereocenters. The monoisotopic (exact) mass is 794 g/mol. The highest BCUT2D eigenvalue weighted by Gasteiger charge is 2.71. The zero-order valence-electron chi connectivity index (χ0n) is 32.7. The second-order valence-corrected chi connectivity index (χ2v) is 18.1. The van der Waals surface area contributed by atoms with Crippen molar-refractivity contribution in [2.24, 2.45) is 52.5 Å². The lowest BCUT2D eigenvalue weighted by atomic mass is 9.56. The summed E-state index contributed by atoms with van der Waals surface area (Å²) in [6.45, 7) is 12.6. The molecule has 2 unspecified atom stereocenters. The van der Waals surface area contributed by atoms with Crippen molar-refractivity contribution in [2.45, 2.75) is 153 Å². The van der Waals surface area contributed by atoms with Crippen LogP contribution < -0.4 is 10.1 Å². The Morgan fingerprint density at radius 2 is 1.32 bits per heavy atom. The van der Waals surface area contributed by atoms with Crippen molar-refractivity contribution in [1.82, 2.24) is 0 Å². The van der Waals surface area contributed by atoms with Crippen LogP contribution in [0.1, 0.15) is 99.3 Å². The fourth-order valence-corrected chi connectivity index (χ4v) is 11.9. The largest absolute Gasteiger partial charge is 0.573 e. The molecule has 1 amide bonds. The molecular weight excluding hydrogens is 741 g/mol. The molecule has 16 heteroatoms. The van der Waals surface area contributed by atoms with Gasteiger partial charge in [-0.25, -0.2) is 24.3 Å². The van der Waals surface area contributed by atoms with Crippen molar-refractivity contribution in [3.05, 3.63) is 24.3 Å². The molecule has 1 N–H and O–H groups in total. The predicted molar refractivity (Wildman–Crippen MR) is 189 cm³/mol. The third-order valence-electron chi connectivity index (χ3n) is 14.8. The number of alkyl halides is 3. The zero-order chi connectivity index (χ0) is 39.4. The van der Waals surface area contributed by atoms with Crippen LogP contribution in [-0.2, 0) is 43.3 Å². The summed E-state index contributed by atoms with van der Waals surface area (Å²) in [5, 5.41) is 7.07. The normalized spacial score (nSPS) is 48.2. The van der Waals surface area contributed by atoms with E-state index in [1.165, 1.54) is 12.1 Å². The molecule has 8 aliphatic heterocycles. The minimum absolute atomic E-state index is 0.0217. The maximum absolute atomic E-state index is 13.3. The van der Waals surface area contributed by atoms with E-state index in [1.807, 2.05) is 13.8 Å². The van der Waals surface area contributed by atoms with E-state index in [9.17, 15) is 18.0 Å². The van der Waals surface area contributed by atoms with Crippen LogP contribution in [0.3, 0.4) is 0 Å². The van der Waals surface area contributed by atoms with E-state index in [4.69, 9.17) is 43.3 Å². The van der Waals surface area contributed by atoms with E-state index in [0.717, 1.165) is 50.7 Å². The van der Waals surface area contributed by atoms with Gasteiger partial charge in [0.05, 0.1) is 11.8 Å². The Morgan fingerprint density at radius 1 is 0.768 bits per heavy atom. The third kappa shape index (κ3) is 6.36. The molecule has 0 aromatic heterocycles. The molecular formula is C40H53F3N2O11. The lowest BCUT2D eigenvalue weighted by Crippen LogP contribution is -2.71. The molecule has 8 saturated heterocycles. The summed E-state index contributed by atoms with van der Waals surface area (Å²) in [5.41, 5.74) is -0.929. The SMILES string of the molecule is C[C@H]1[C@@H](/C(C[C@H]2O[C@@H]3O[C@]4(C)CC[C@H]5[C@H](C)CC[C@@H]([C@H]2C)C35OO4)=N\OC(=O)Nc2ccc(OC(F)(F)F)cc2)O[C@@H]2O[C@]3(C)CC[C@H]4[C@H](C)CC[C@@H]1C24OO3. The van der Waals surface area contributed by atoms with Gasteiger partial charge in [-0.1, -0.05) is 32.9 Å². The van der Waals surface area contributed by atoms with Crippen molar-refractivity contribution < 1.29 is 66.0 Å². The summed E-state index contributed by atoms with van der Waals surface area (Å²) in [7, 11) is 0. The summed E-state index contributed by atoms with van der Waals surface area (Å²) in [5.74, 6) is -1.39. The smallest absolute Gasteiger partial charge is 0.406 e. The minimum atomic E-state index is -4.84. The van der Waals surface area contributed by atoms with Gasteiger partial charge in [0.1, 0.15) is 11.9 Å². The van der Waals surface area contributed by atoms with Gasteiger partial charge in [0, 0.05) is 36.8 Å². The van der Waals surface area contributed by atoms with E-state index in [0.29, 0.717) is 30.4 Å². The van der Waals surface area contributed by atoms with Gasteiger partial charge in [-0.15, -0.1) is 13.2 Å². The molecule has 8 heterocycles. The molecule has 10 aliphatic rings. The topological polar surface area (TPSA) is 134 Å². The molecule has 2 aliphatic carbocycles. The fraction of sp³-hybridized carbons (Fsp3) is 0.800. The van der Waals surface area contributed by atoms with Crippen LogP contribution in [0.15, 0.2) is 29.4 Å². The van der Waals surface area contributed by atoms with Crippen molar-refractivity contribution in [3.63, 3.8) is 0 Å². The number of carbonyl (C=O) groups excluding carboxylic acids is 1. The molecule has 10 fully saturated rings.